The Bertz CT molecular complexity index is 2100. The lowest BCUT2D eigenvalue weighted by Gasteiger charge is -2.30. The van der Waals surface area contributed by atoms with Crippen molar-refractivity contribution in [3.05, 3.63) is 106 Å². The van der Waals surface area contributed by atoms with Crippen molar-refractivity contribution in [1.29, 1.82) is 0 Å². The molecular formula is C37H36F3N5O5. The summed E-state index contributed by atoms with van der Waals surface area (Å²) in [6.07, 6.45) is 4.85. The van der Waals surface area contributed by atoms with E-state index in [0.29, 0.717) is 40.8 Å². The summed E-state index contributed by atoms with van der Waals surface area (Å²) < 4.78 is 61.4. The summed E-state index contributed by atoms with van der Waals surface area (Å²) in [6.45, 7) is 7.48. The van der Waals surface area contributed by atoms with E-state index in [1.54, 1.807) is 18.2 Å². The van der Waals surface area contributed by atoms with Gasteiger partial charge in [-0.2, -0.15) is 9.78 Å². The molecule has 5 aromatic rings. The number of hydrogen-bond acceptors (Lipinski definition) is 8. The molecule has 0 spiro atoms. The lowest BCUT2D eigenvalue weighted by atomic mass is 9.99. The molecule has 3 heterocycles. The maximum atomic E-state index is 15.5. The number of pyridine rings is 1. The predicted molar refractivity (Wildman–Crippen MR) is 182 cm³/mol. The minimum Gasteiger partial charge on any atom is -0.493 e. The van der Waals surface area contributed by atoms with Gasteiger partial charge in [-0.15, -0.1) is 0 Å². The van der Waals surface area contributed by atoms with Crippen molar-refractivity contribution in [1.82, 2.24) is 19.7 Å². The normalized spacial score (nSPS) is 13.7. The highest BCUT2D eigenvalue weighted by Crippen LogP contribution is 2.38. The van der Waals surface area contributed by atoms with Gasteiger partial charge in [-0.05, 0) is 87.2 Å². The van der Waals surface area contributed by atoms with Gasteiger partial charge >= 0.3 is 0 Å². The van der Waals surface area contributed by atoms with Crippen molar-refractivity contribution in [3.63, 3.8) is 0 Å². The number of benzene rings is 3. The number of amides is 1. The van der Waals surface area contributed by atoms with Gasteiger partial charge in [0, 0.05) is 42.4 Å². The van der Waals surface area contributed by atoms with E-state index in [9.17, 15) is 18.4 Å². The molecule has 1 amide bonds. The van der Waals surface area contributed by atoms with E-state index in [-0.39, 0.29) is 28.4 Å². The van der Waals surface area contributed by atoms with Crippen LogP contribution < -0.4 is 25.1 Å². The van der Waals surface area contributed by atoms with Gasteiger partial charge in [-0.3, -0.25) is 14.6 Å². The molecular weight excluding hydrogens is 651 g/mol. The number of fused-ring (bicyclic) bond motifs is 1. The van der Waals surface area contributed by atoms with Crippen LogP contribution in [0.1, 0.15) is 42.2 Å². The summed E-state index contributed by atoms with van der Waals surface area (Å²) in [5, 5.41) is 6.99. The number of rotatable bonds is 11. The molecule has 0 saturated carbocycles. The maximum Gasteiger partial charge on any atom is 0.276 e. The number of piperidine rings is 1. The summed E-state index contributed by atoms with van der Waals surface area (Å²) in [7, 11) is 1.54. The Labute approximate surface area is 286 Å². The van der Waals surface area contributed by atoms with Crippen LogP contribution in [-0.4, -0.2) is 58.9 Å². The van der Waals surface area contributed by atoms with Gasteiger partial charge in [-0.1, -0.05) is 6.92 Å². The van der Waals surface area contributed by atoms with Crippen LogP contribution in [-0.2, 0) is 0 Å². The molecule has 1 aliphatic rings. The second-order valence-electron chi connectivity index (χ2n) is 12.3. The quantitative estimate of drug-likeness (QED) is 0.147. The molecule has 13 heteroatoms. The summed E-state index contributed by atoms with van der Waals surface area (Å²) in [4.78, 5) is 32.7. The summed E-state index contributed by atoms with van der Waals surface area (Å²) in [5.41, 5.74) is -0.349. The molecule has 1 fully saturated rings. The highest BCUT2D eigenvalue weighted by atomic mass is 19.1. The van der Waals surface area contributed by atoms with E-state index in [1.165, 1.54) is 45.2 Å². The van der Waals surface area contributed by atoms with E-state index in [4.69, 9.17) is 14.2 Å². The molecule has 1 saturated heterocycles. The van der Waals surface area contributed by atoms with Crippen LogP contribution in [0.2, 0.25) is 0 Å². The molecule has 260 valence electrons. The molecule has 1 aliphatic heterocycles. The molecule has 1 N–H and O–H groups in total. The van der Waals surface area contributed by atoms with Crippen LogP contribution in [0.15, 0.2) is 71.7 Å². The lowest BCUT2D eigenvalue weighted by molar-refractivity contribution is 0.101. The number of nitrogens with zero attached hydrogens (tertiary/aromatic N) is 4. The fourth-order valence-electron chi connectivity index (χ4n) is 5.79. The van der Waals surface area contributed by atoms with Gasteiger partial charge in [0.1, 0.15) is 17.4 Å². The van der Waals surface area contributed by atoms with Crippen molar-refractivity contribution in [2.45, 2.75) is 33.1 Å². The minimum absolute atomic E-state index is 0.0137. The van der Waals surface area contributed by atoms with Gasteiger partial charge in [-0.25, -0.2) is 13.2 Å². The number of halogens is 3. The number of hydrogen-bond donors (Lipinski definition) is 1. The fraction of sp³-hybridized carbons (Fsp3) is 0.297. The van der Waals surface area contributed by atoms with E-state index in [0.717, 1.165) is 60.9 Å². The summed E-state index contributed by atoms with van der Waals surface area (Å²) >= 11 is 0. The average molecular weight is 688 g/mol. The van der Waals surface area contributed by atoms with Crippen LogP contribution in [0.5, 0.6) is 23.0 Å². The number of methoxy groups -OCH3 is 1. The molecule has 10 nitrogen and oxygen atoms in total. The first-order chi connectivity index (χ1) is 24.1. The average Bonchev–Trinajstić information content (AvgIpc) is 3.09. The minimum atomic E-state index is -0.982. The molecule has 0 radical (unpaired) electrons. The van der Waals surface area contributed by atoms with Crippen molar-refractivity contribution in [3.8, 4) is 28.7 Å². The molecule has 6 rings (SSSR count). The topological polar surface area (TPSA) is 108 Å². The Morgan fingerprint density at radius 3 is 2.48 bits per heavy atom. The van der Waals surface area contributed by atoms with E-state index < -0.39 is 28.9 Å². The largest absolute Gasteiger partial charge is 0.493 e. The number of aromatic nitrogens is 3. The predicted octanol–water partition coefficient (Wildman–Crippen LogP) is 7.06. The molecule has 3 aromatic carbocycles. The number of carbonyl (C=O) groups excluding carboxylic acids is 1. The second kappa shape index (κ2) is 15.0. The summed E-state index contributed by atoms with van der Waals surface area (Å²) in [6, 6.07) is 12.7. The van der Waals surface area contributed by atoms with Gasteiger partial charge in [0.2, 0.25) is 0 Å². The third kappa shape index (κ3) is 7.73. The molecule has 0 atom stereocenters. The van der Waals surface area contributed by atoms with Gasteiger partial charge < -0.3 is 24.4 Å². The third-order valence-corrected chi connectivity index (χ3v) is 8.64. The van der Waals surface area contributed by atoms with E-state index >= 15 is 4.39 Å². The standard InChI is InChI=1S/C37H36F3N5O5/c1-22-10-14-44(15-11-22)13-4-16-49-34-21-30-26(20-33(34)48-3)31(9-12-41-30)50-32-8-6-25(19-28(32)40)45-35(46)17-23(2)36(43-45)37(47)42-29-7-5-24(38)18-27(29)39/h5-9,12,17-22H,4,10-11,13-16H2,1-3H3,(H,42,47). The Kier molecular flexibility index (Phi) is 10.3. The fourth-order valence-corrected chi connectivity index (χ4v) is 5.79. The van der Waals surface area contributed by atoms with Crippen molar-refractivity contribution >= 4 is 22.5 Å². The van der Waals surface area contributed by atoms with Crippen LogP contribution >= 0.6 is 0 Å². The molecule has 0 bridgehead atoms. The van der Waals surface area contributed by atoms with Gasteiger partial charge in [0.15, 0.2) is 28.8 Å². The number of nitrogens with one attached hydrogen (secondary N) is 1. The Morgan fingerprint density at radius 1 is 0.940 bits per heavy atom. The highest BCUT2D eigenvalue weighted by Gasteiger charge is 2.19. The number of likely N-dealkylation sites (tertiary alicyclic amines) is 1. The number of aryl methyl sites for hydroxylation is 1. The molecule has 50 heavy (non-hydrogen) atoms. The maximum absolute atomic E-state index is 15.5. The molecule has 0 aliphatic carbocycles. The number of anilines is 1. The van der Waals surface area contributed by atoms with Gasteiger partial charge in [0.25, 0.3) is 11.5 Å². The van der Waals surface area contributed by atoms with Crippen LogP contribution in [0, 0.1) is 30.3 Å². The van der Waals surface area contributed by atoms with E-state index in [2.05, 4.69) is 27.2 Å². The Balaban J connectivity index is 1.18. The van der Waals surface area contributed by atoms with Crippen LogP contribution in [0.4, 0.5) is 18.9 Å². The first-order valence-corrected chi connectivity index (χ1v) is 16.3. The summed E-state index contributed by atoms with van der Waals surface area (Å²) in [5.74, 6) is -1.48. The molecule has 0 unspecified atom stereocenters. The Hall–Kier alpha value is -5.43. The zero-order valence-electron chi connectivity index (χ0n) is 27.8. The second-order valence-corrected chi connectivity index (χ2v) is 12.3. The monoisotopic (exact) mass is 687 g/mol. The van der Waals surface area contributed by atoms with Crippen molar-refractivity contribution < 1.29 is 32.2 Å². The van der Waals surface area contributed by atoms with Crippen LogP contribution in [0.3, 0.4) is 0 Å². The SMILES string of the molecule is COc1cc2c(Oc3ccc(-n4nc(C(=O)Nc5ccc(F)cc5F)c(C)cc4=O)cc3F)ccnc2cc1OCCCN1CCC(C)CC1. The number of carbonyl (C=O) groups is 1. The zero-order chi connectivity index (χ0) is 35.4. The third-order valence-electron chi connectivity index (χ3n) is 8.64. The van der Waals surface area contributed by atoms with E-state index in [1.807, 2.05) is 0 Å². The van der Waals surface area contributed by atoms with Crippen molar-refractivity contribution in [2.24, 2.45) is 5.92 Å². The zero-order valence-corrected chi connectivity index (χ0v) is 27.8. The molecule has 2 aromatic heterocycles. The van der Waals surface area contributed by atoms with Crippen LogP contribution in [0.25, 0.3) is 16.6 Å². The lowest BCUT2D eigenvalue weighted by Crippen LogP contribution is -2.34. The number of ether oxygens (including phenoxy) is 3. The van der Waals surface area contributed by atoms with Gasteiger partial charge in [0.05, 0.1) is 30.6 Å². The van der Waals surface area contributed by atoms with Crippen molar-refractivity contribution in [2.75, 3.05) is 38.7 Å². The smallest absolute Gasteiger partial charge is 0.276 e. The Morgan fingerprint density at radius 2 is 1.74 bits per heavy atom. The highest BCUT2D eigenvalue weighted by molar-refractivity contribution is 6.03. The first kappa shape index (κ1) is 34.4. The first-order valence-electron chi connectivity index (χ1n) is 16.3.